The Morgan fingerprint density at radius 3 is 1.21 bits per heavy atom. The lowest BCUT2D eigenvalue weighted by molar-refractivity contribution is 0.979. The predicted octanol–water partition coefficient (Wildman–Crippen LogP) is 14.0. The molecule has 11 aromatic rings. The zero-order valence-corrected chi connectivity index (χ0v) is 33.1. The van der Waals surface area contributed by atoms with E-state index in [1.54, 1.807) is 0 Å². The van der Waals surface area contributed by atoms with Gasteiger partial charge in [-0.1, -0.05) is 218 Å². The summed E-state index contributed by atoms with van der Waals surface area (Å²) in [4.78, 5) is 15.7. The second-order valence-corrected chi connectivity index (χ2v) is 15.1. The first kappa shape index (κ1) is 35.8. The van der Waals surface area contributed by atoms with Crippen molar-refractivity contribution in [3.8, 4) is 90.1 Å². The van der Waals surface area contributed by atoms with Gasteiger partial charge in [0.05, 0.1) is 11.2 Å². The van der Waals surface area contributed by atoms with Crippen LogP contribution < -0.4 is 0 Å². The number of pyridine rings is 1. The Morgan fingerprint density at radius 1 is 0.295 bits per heavy atom. The highest BCUT2D eigenvalue weighted by Gasteiger charge is 2.23. The molecule has 0 N–H and O–H groups in total. The summed E-state index contributed by atoms with van der Waals surface area (Å²) in [5.74, 6) is 1.81. The maximum atomic E-state index is 5.43. The predicted molar refractivity (Wildman–Crippen MR) is 250 cm³/mol. The molecule has 5 heteroatoms. The van der Waals surface area contributed by atoms with Gasteiger partial charge in [0.1, 0.15) is 5.69 Å². The molecule has 5 nitrogen and oxygen atoms in total. The van der Waals surface area contributed by atoms with E-state index in [-0.39, 0.29) is 0 Å². The summed E-state index contributed by atoms with van der Waals surface area (Å²) in [6.45, 7) is 0. The molecule has 3 heterocycles. The summed E-state index contributed by atoms with van der Waals surface area (Å²) in [6, 6.07) is 78.0. The van der Waals surface area contributed by atoms with Gasteiger partial charge < -0.3 is 0 Å². The van der Waals surface area contributed by atoms with E-state index in [0.717, 1.165) is 88.9 Å². The van der Waals surface area contributed by atoms with Crippen LogP contribution in [0.1, 0.15) is 0 Å². The summed E-state index contributed by atoms with van der Waals surface area (Å²) >= 11 is 0. The van der Waals surface area contributed by atoms with Crippen molar-refractivity contribution in [2.45, 2.75) is 0 Å². The number of benzene rings is 8. The van der Waals surface area contributed by atoms with Gasteiger partial charge in [0.15, 0.2) is 17.5 Å². The Kier molecular flexibility index (Phi) is 9.10. The summed E-state index contributed by atoms with van der Waals surface area (Å²) in [5.41, 5.74) is 14.5. The van der Waals surface area contributed by atoms with Crippen LogP contribution in [-0.2, 0) is 0 Å². The van der Waals surface area contributed by atoms with Crippen molar-refractivity contribution in [2.75, 3.05) is 0 Å². The molecule has 3 aromatic heterocycles. The van der Waals surface area contributed by atoms with Crippen molar-refractivity contribution in [3.05, 3.63) is 224 Å². The third kappa shape index (κ3) is 6.74. The fraction of sp³-hybridized carbons (Fsp3) is 0. The Labute approximate surface area is 354 Å². The fourth-order valence-corrected chi connectivity index (χ4v) is 8.29. The molecule has 0 radical (unpaired) electrons. The van der Waals surface area contributed by atoms with Crippen LogP contribution in [0, 0.1) is 0 Å². The Hall–Kier alpha value is -8.28. The fourth-order valence-electron chi connectivity index (χ4n) is 8.29. The van der Waals surface area contributed by atoms with Gasteiger partial charge in [0.25, 0.3) is 0 Å². The molecule has 0 saturated carbocycles. The van der Waals surface area contributed by atoms with Crippen molar-refractivity contribution < 1.29 is 0 Å². The molecule has 0 amide bonds. The monoisotopic (exact) mass is 779 g/mol. The zero-order chi connectivity index (χ0) is 40.5. The van der Waals surface area contributed by atoms with E-state index in [2.05, 4.69) is 205 Å². The summed E-state index contributed by atoms with van der Waals surface area (Å²) in [5, 5.41) is 7.50. The van der Waals surface area contributed by atoms with E-state index in [1.807, 2.05) is 24.3 Å². The second kappa shape index (κ2) is 15.5. The third-order valence-corrected chi connectivity index (χ3v) is 11.3. The third-order valence-electron chi connectivity index (χ3n) is 11.3. The maximum Gasteiger partial charge on any atom is 0.164 e. The van der Waals surface area contributed by atoms with Crippen LogP contribution >= 0.6 is 0 Å². The lowest BCUT2D eigenvalue weighted by Gasteiger charge is -2.14. The average Bonchev–Trinajstić information content (AvgIpc) is 3.76. The molecule has 0 unspecified atom stereocenters. The van der Waals surface area contributed by atoms with Crippen molar-refractivity contribution >= 4 is 16.3 Å². The first-order valence-corrected chi connectivity index (χ1v) is 20.5. The molecule has 0 aliphatic rings. The lowest BCUT2D eigenvalue weighted by Crippen LogP contribution is -2.01. The molecule has 0 atom stereocenters. The molecule has 0 bridgehead atoms. The lowest BCUT2D eigenvalue weighted by atomic mass is 9.95. The van der Waals surface area contributed by atoms with Gasteiger partial charge in [-0.15, -0.1) is 0 Å². The van der Waals surface area contributed by atoms with Crippen LogP contribution in [0.3, 0.4) is 0 Å². The largest absolute Gasteiger partial charge is 0.231 e. The van der Waals surface area contributed by atoms with Gasteiger partial charge in [-0.2, -0.15) is 5.10 Å². The summed E-state index contributed by atoms with van der Waals surface area (Å²) < 4.78 is 2.12. The topological polar surface area (TPSA) is 56.0 Å². The highest BCUT2D eigenvalue weighted by molar-refractivity contribution is 6.12. The van der Waals surface area contributed by atoms with Crippen LogP contribution in [0.15, 0.2) is 224 Å². The van der Waals surface area contributed by atoms with Crippen molar-refractivity contribution in [3.63, 3.8) is 0 Å². The molecule has 0 aliphatic carbocycles. The van der Waals surface area contributed by atoms with E-state index >= 15 is 0 Å². The van der Waals surface area contributed by atoms with Crippen molar-refractivity contribution in [2.24, 2.45) is 0 Å². The Morgan fingerprint density at radius 2 is 0.705 bits per heavy atom. The summed E-state index contributed by atoms with van der Waals surface area (Å²) in [6.07, 6.45) is 0. The van der Waals surface area contributed by atoms with Gasteiger partial charge >= 0.3 is 0 Å². The molecule has 61 heavy (non-hydrogen) atoms. The molecule has 11 rings (SSSR count). The van der Waals surface area contributed by atoms with E-state index in [1.165, 1.54) is 0 Å². The minimum absolute atomic E-state index is 0.595. The molecule has 286 valence electrons. The first-order chi connectivity index (χ1) is 30.2. The molecule has 8 aromatic carbocycles. The molecular weight excluding hydrogens is 743 g/mol. The van der Waals surface area contributed by atoms with Gasteiger partial charge in [0, 0.05) is 38.8 Å². The van der Waals surface area contributed by atoms with E-state index in [9.17, 15) is 0 Å². The average molecular weight is 780 g/mol. The Balaban J connectivity index is 1.16. The van der Waals surface area contributed by atoms with Crippen LogP contribution in [0.4, 0.5) is 0 Å². The van der Waals surface area contributed by atoms with Gasteiger partial charge in [-0.3, -0.25) is 0 Å². The standard InChI is InChI=1S/C56H37N5/c1-6-17-38(18-7-1)40-29-33-45(34-30-40)54-57-55(46-35-31-41(32-36-46)39-19-8-2-9-20-39)59-56(58-54)48-28-16-27-47-49(48)37-50(42-21-10-3-11-22-42)61-53(47)51(43-23-12-4-13-24-43)52(60-61)44-25-14-5-15-26-44/h1-37H. The smallest absolute Gasteiger partial charge is 0.164 e. The van der Waals surface area contributed by atoms with Crippen molar-refractivity contribution in [1.29, 1.82) is 0 Å². The first-order valence-electron chi connectivity index (χ1n) is 20.5. The number of hydrogen-bond donors (Lipinski definition) is 0. The van der Waals surface area contributed by atoms with Crippen LogP contribution in [0.2, 0.25) is 0 Å². The molecule has 0 saturated heterocycles. The number of aromatic nitrogens is 5. The zero-order valence-electron chi connectivity index (χ0n) is 33.1. The number of nitrogens with zero attached hydrogens (tertiary/aromatic N) is 5. The minimum Gasteiger partial charge on any atom is -0.231 e. The SMILES string of the molecule is c1ccc(-c2ccc(-c3nc(-c4ccc(-c5ccccc5)cc4)nc(-c4cccc5c4cc(-c4ccccc4)n4nc(-c6ccccc6)c(-c6ccccc6)c54)n3)cc2)cc1. The van der Waals surface area contributed by atoms with Gasteiger partial charge in [-0.25, -0.2) is 19.5 Å². The number of hydrogen-bond acceptors (Lipinski definition) is 4. The number of fused-ring (bicyclic) bond motifs is 3. The van der Waals surface area contributed by atoms with Crippen LogP contribution in [-0.4, -0.2) is 24.6 Å². The minimum atomic E-state index is 0.595. The normalized spacial score (nSPS) is 11.3. The molecule has 0 spiro atoms. The van der Waals surface area contributed by atoms with E-state index < -0.39 is 0 Å². The van der Waals surface area contributed by atoms with Gasteiger partial charge in [-0.05, 0) is 39.3 Å². The van der Waals surface area contributed by atoms with Crippen LogP contribution in [0.25, 0.3) is 106 Å². The van der Waals surface area contributed by atoms with E-state index in [4.69, 9.17) is 20.1 Å². The molecule has 0 fully saturated rings. The second-order valence-electron chi connectivity index (χ2n) is 15.1. The maximum absolute atomic E-state index is 5.43. The summed E-state index contributed by atoms with van der Waals surface area (Å²) in [7, 11) is 0. The highest BCUT2D eigenvalue weighted by Crippen LogP contribution is 2.43. The van der Waals surface area contributed by atoms with E-state index in [0.29, 0.717) is 17.5 Å². The molecular formula is C56H37N5. The highest BCUT2D eigenvalue weighted by atomic mass is 15.2. The molecule has 0 aliphatic heterocycles. The van der Waals surface area contributed by atoms with Gasteiger partial charge in [0.2, 0.25) is 0 Å². The number of rotatable bonds is 8. The van der Waals surface area contributed by atoms with Crippen LogP contribution in [0.5, 0.6) is 0 Å². The van der Waals surface area contributed by atoms with Crippen molar-refractivity contribution in [1.82, 2.24) is 24.6 Å². The quantitative estimate of drug-likeness (QED) is 0.154. The Bertz CT molecular complexity index is 3190.